The minimum Gasteiger partial charge on any atom is -0.454 e. The predicted molar refractivity (Wildman–Crippen MR) is 84.1 cm³/mol. The highest BCUT2D eigenvalue weighted by atomic mass is 16.7. The molecule has 2 aromatic rings. The lowest BCUT2D eigenvalue weighted by molar-refractivity contribution is -0.114. The Morgan fingerprint density at radius 3 is 2.50 bits per heavy atom. The van der Waals surface area contributed by atoms with Crippen LogP contribution in [0.4, 0.5) is 5.69 Å². The normalized spacial score (nSPS) is 16.2. The van der Waals surface area contributed by atoms with Crippen molar-refractivity contribution in [2.75, 3.05) is 18.2 Å². The van der Waals surface area contributed by atoms with Gasteiger partial charge in [-0.1, -0.05) is 24.3 Å². The summed E-state index contributed by atoms with van der Waals surface area (Å²) in [4.78, 5) is 13.7. The maximum atomic E-state index is 11.9. The van der Waals surface area contributed by atoms with Crippen LogP contribution in [0.3, 0.4) is 0 Å². The highest BCUT2D eigenvalue weighted by Crippen LogP contribution is 2.36. The molecule has 4 nitrogen and oxygen atoms in total. The monoisotopic (exact) mass is 293 g/mol. The molecule has 2 heterocycles. The molecule has 2 aromatic carbocycles. The molecule has 0 aromatic heterocycles. The molecule has 2 aliphatic rings. The smallest absolute Gasteiger partial charge is 0.250 e. The zero-order chi connectivity index (χ0) is 14.9. The van der Waals surface area contributed by atoms with Gasteiger partial charge in [-0.25, -0.2) is 0 Å². The van der Waals surface area contributed by atoms with Crippen molar-refractivity contribution in [2.45, 2.75) is 6.42 Å². The first-order valence-corrected chi connectivity index (χ1v) is 7.29. The molecule has 22 heavy (non-hydrogen) atoms. The maximum absolute atomic E-state index is 11.9. The van der Waals surface area contributed by atoms with Gasteiger partial charge >= 0.3 is 0 Å². The number of carbonyl (C=O) groups is 1. The van der Waals surface area contributed by atoms with Gasteiger partial charge in [-0.05, 0) is 47.9 Å². The number of ether oxygens (including phenoxy) is 2. The molecule has 0 N–H and O–H groups in total. The average Bonchev–Trinajstić information content (AvgIpc) is 3.03. The van der Waals surface area contributed by atoms with Crippen LogP contribution in [0, 0.1) is 0 Å². The number of benzene rings is 2. The second kappa shape index (κ2) is 5.22. The largest absolute Gasteiger partial charge is 0.454 e. The SMILES string of the molecule is O=C1C=CCCN1c1ccc(-c2ccc3c(c2)OCO3)cc1. The third-order valence-electron chi connectivity index (χ3n) is 3.93. The van der Waals surface area contributed by atoms with Gasteiger partial charge in [0.05, 0.1) is 0 Å². The van der Waals surface area contributed by atoms with E-state index in [0.29, 0.717) is 0 Å². The van der Waals surface area contributed by atoms with Gasteiger partial charge in [0.1, 0.15) is 0 Å². The van der Waals surface area contributed by atoms with Crippen molar-refractivity contribution in [1.82, 2.24) is 0 Å². The Hall–Kier alpha value is -2.75. The number of anilines is 1. The fraction of sp³-hybridized carbons (Fsp3) is 0.167. The Balaban J connectivity index is 1.62. The third-order valence-corrected chi connectivity index (χ3v) is 3.93. The van der Waals surface area contributed by atoms with E-state index in [1.807, 2.05) is 48.5 Å². The fourth-order valence-corrected chi connectivity index (χ4v) is 2.75. The maximum Gasteiger partial charge on any atom is 0.250 e. The molecular formula is C18H15NO3. The van der Waals surface area contributed by atoms with Gasteiger partial charge in [-0.3, -0.25) is 4.79 Å². The van der Waals surface area contributed by atoms with Crippen LogP contribution in [-0.4, -0.2) is 19.2 Å². The quantitative estimate of drug-likeness (QED) is 0.852. The summed E-state index contributed by atoms with van der Waals surface area (Å²) in [5.41, 5.74) is 3.08. The lowest BCUT2D eigenvalue weighted by Gasteiger charge is -2.23. The van der Waals surface area contributed by atoms with E-state index in [2.05, 4.69) is 0 Å². The molecule has 0 radical (unpaired) electrons. The molecule has 4 rings (SSSR count). The number of fused-ring (bicyclic) bond motifs is 1. The molecule has 4 heteroatoms. The Bertz CT molecular complexity index is 749. The van der Waals surface area contributed by atoms with E-state index in [1.54, 1.807) is 11.0 Å². The summed E-state index contributed by atoms with van der Waals surface area (Å²) in [6, 6.07) is 13.9. The van der Waals surface area contributed by atoms with Gasteiger partial charge in [0.15, 0.2) is 11.5 Å². The van der Waals surface area contributed by atoms with Crippen LogP contribution in [0.25, 0.3) is 11.1 Å². The molecule has 0 spiro atoms. The van der Waals surface area contributed by atoms with E-state index in [-0.39, 0.29) is 12.7 Å². The molecule has 0 bridgehead atoms. The van der Waals surface area contributed by atoms with Gasteiger partial charge in [0.2, 0.25) is 6.79 Å². The van der Waals surface area contributed by atoms with Crippen LogP contribution < -0.4 is 14.4 Å². The van der Waals surface area contributed by atoms with E-state index in [0.717, 1.165) is 41.3 Å². The topological polar surface area (TPSA) is 38.8 Å². The lowest BCUT2D eigenvalue weighted by atomic mass is 10.0. The summed E-state index contributed by atoms with van der Waals surface area (Å²) in [7, 11) is 0. The van der Waals surface area contributed by atoms with Crippen LogP contribution in [0.15, 0.2) is 54.6 Å². The molecule has 0 saturated heterocycles. The molecule has 0 fully saturated rings. The van der Waals surface area contributed by atoms with Crippen molar-refractivity contribution >= 4 is 11.6 Å². The Labute approximate surface area is 128 Å². The second-order valence-electron chi connectivity index (χ2n) is 5.30. The highest BCUT2D eigenvalue weighted by molar-refractivity contribution is 6.02. The Kier molecular flexibility index (Phi) is 3.07. The first kappa shape index (κ1) is 13.0. The van der Waals surface area contributed by atoms with Crippen LogP contribution >= 0.6 is 0 Å². The van der Waals surface area contributed by atoms with Crippen LogP contribution in [0.1, 0.15) is 6.42 Å². The van der Waals surface area contributed by atoms with E-state index in [4.69, 9.17) is 9.47 Å². The van der Waals surface area contributed by atoms with Gasteiger partial charge < -0.3 is 14.4 Å². The van der Waals surface area contributed by atoms with E-state index >= 15 is 0 Å². The van der Waals surface area contributed by atoms with Gasteiger partial charge in [-0.2, -0.15) is 0 Å². The molecule has 2 aliphatic heterocycles. The van der Waals surface area contributed by atoms with E-state index in [9.17, 15) is 4.79 Å². The number of hydrogen-bond acceptors (Lipinski definition) is 3. The molecule has 0 aliphatic carbocycles. The fourth-order valence-electron chi connectivity index (χ4n) is 2.75. The van der Waals surface area contributed by atoms with E-state index in [1.165, 1.54) is 0 Å². The van der Waals surface area contributed by atoms with Crippen LogP contribution in [-0.2, 0) is 4.79 Å². The number of hydrogen-bond donors (Lipinski definition) is 0. The molecule has 110 valence electrons. The Morgan fingerprint density at radius 2 is 1.68 bits per heavy atom. The van der Waals surface area contributed by atoms with Crippen molar-refractivity contribution in [3.05, 3.63) is 54.6 Å². The first-order chi connectivity index (χ1) is 10.8. The summed E-state index contributed by atoms with van der Waals surface area (Å²) < 4.78 is 10.7. The molecule has 0 atom stereocenters. The number of amides is 1. The molecule has 0 unspecified atom stereocenters. The van der Waals surface area contributed by atoms with Gasteiger partial charge in [-0.15, -0.1) is 0 Å². The minimum absolute atomic E-state index is 0.0436. The van der Waals surface area contributed by atoms with Crippen molar-refractivity contribution in [1.29, 1.82) is 0 Å². The van der Waals surface area contributed by atoms with Crippen LogP contribution in [0.2, 0.25) is 0 Å². The minimum atomic E-state index is 0.0436. The zero-order valence-electron chi connectivity index (χ0n) is 12.0. The van der Waals surface area contributed by atoms with Gasteiger partial charge in [0, 0.05) is 12.2 Å². The summed E-state index contributed by atoms with van der Waals surface area (Å²) in [6.07, 6.45) is 4.45. The Morgan fingerprint density at radius 1 is 0.909 bits per heavy atom. The average molecular weight is 293 g/mol. The van der Waals surface area contributed by atoms with E-state index < -0.39 is 0 Å². The summed E-state index contributed by atoms with van der Waals surface area (Å²) in [6.45, 7) is 1.01. The first-order valence-electron chi connectivity index (χ1n) is 7.29. The van der Waals surface area contributed by atoms with Crippen molar-refractivity contribution in [3.8, 4) is 22.6 Å². The van der Waals surface area contributed by atoms with Crippen molar-refractivity contribution in [3.63, 3.8) is 0 Å². The van der Waals surface area contributed by atoms with Crippen molar-refractivity contribution < 1.29 is 14.3 Å². The zero-order valence-corrected chi connectivity index (χ0v) is 12.0. The summed E-state index contributed by atoms with van der Waals surface area (Å²) in [5.74, 6) is 1.60. The number of rotatable bonds is 2. The van der Waals surface area contributed by atoms with Crippen LogP contribution in [0.5, 0.6) is 11.5 Å². The molecular weight excluding hydrogens is 278 g/mol. The molecule has 1 amide bonds. The summed E-state index contributed by atoms with van der Waals surface area (Å²) in [5, 5.41) is 0. The van der Waals surface area contributed by atoms with Crippen molar-refractivity contribution in [2.24, 2.45) is 0 Å². The number of nitrogens with zero attached hydrogens (tertiary/aromatic N) is 1. The van der Waals surface area contributed by atoms with Gasteiger partial charge in [0.25, 0.3) is 5.91 Å². The standard InChI is InChI=1S/C18H15NO3/c20-18-3-1-2-10-19(18)15-7-4-13(5-8-15)14-6-9-16-17(11-14)22-12-21-16/h1,3-9,11H,2,10,12H2. The third kappa shape index (κ3) is 2.22. The highest BCUT2D eigenvalue weighted by Gasteiger charge is 2.16. The molecule has 0 saturated carbocycles. The predicted octanol–water partition coefficient (Wildman–Crippen LogP) is 3.38. The second-order valence-corrected chi connectivity index (χ2v) is 5.30. The number of carbonyl (C=O) groups excluding carboxylic acids is 1. The summed E-state index contributed by atoms with van der Waals surface area (Å²) >= 11 is 0. The lowest BCUT2D eigenvalue weighted by Crippen LogP contribution is -2.32.